The van der Waals surface area contributed by atoms with E-state index in [0.717, 1.165) is 5.92 Å². The Morgan fingerprint density at radius 3 is 2.00 bits per heavy atom. The van der Waals surface area contributed by atoms with Gasteiger partial charge in [0.05, 0.1) is 0 Å². The van der Waals surface area contributed by atoms with E-state index < -0.39 is 0 Å². The number of benzene rings is 2. The molecule has 106 valence electrons. The highest BCUT2D eigenvalue weighted by Gasteiger charge is 2.09. The average Bonchev–Trinajstić information content (AvgIpc) is 2.53. The minimum Gasteiger partial charge on any atom is -0.0654 e. The Bertz CT molecular complexity index is 481. The maximum absolute atomic E-state index is 2.32. The van der Waals surface area contributed by atoms with Crippen molar-refractivity contribution in [3.8, 4) is 11.1 Å². The van der Waals surface area contributed by atoms with Gasteiger partial charge in [-0.1, -0.05) is 87.7 Å². The van der Waals surface area contributed by atoms with Crippen LogP contribution in [0.4, 0.5) is 0 Å². The molecule has 2 rings (SSSR count). The van der Waals surface area contributed by atoms with Gasteiger partial charge in [0, 0.05) is 0 Å². The van der Waals surface area contributed by atoms with Gasteiger partial charge in [0.25, 0.3) is 0 Å². The van der Waals surface area contributed by atoms with Crippen molar-refractivity contribution in [1.29, 1.82) is 0 Å². The van der Waals surface area contributed by atoms with Crippen LogP contribution in [-0.4, -0.2) is 0 Å². The van der Waals surface area contributed by atoms with Gasteiger partial charge in [-0.15, -0.1) is 0 Å². The smallest absolute Gasteiger partial charge is 0.0165 e. The Balaban J connectivity index is 2.06. The summed E-state index contributed by atoms with van der Waals surface area (Å²) in [6, 6.07) is 19.8. The molecule has 0 aliphatic heterocycles. The van der Waals surface area contributed by atoms with E-state index in [9.17, 15) is 0 Å². The summed E-state index contributed by atoms with van der Waals surface area (Å²) in [6.07, 6.45) is 6.60. The molecule has 1 unspecified atom stereocenters. The summed E-state index contributed by atoms with van der Waals surface area (Å²) in [5.41, 5.74) is 4.12. The van der Waals surface area contributed by atoms with Crippen molar-refractivity contribution in [1.82, 2.24) is 0 Å². The fraction of sp³-hybridized carbons (Fsp3) is 0.400. The molecule has 0 spiro atoms. The van der Waals surface area contributed by atoms with Gasteiger partial charge in [0.15, 0.2) is 0 Å². The number of rotatable bonds is 7. The standard InChI is InChI=1S/C20H26/c1-3-5-7-10-17(4-2)19-13-15-20(16-14-19)18-11-8-6-9-12-18/h6,8-9,11-17H,3-5,7,10H2,1-2H3. The first-order valence-corrected chi connectivity index (χ1v) is 8.00. The summed E-state index contributed by atoms with van der Waals surface area (Å²) >= 11 is 0. The third-order valence-corrected chi connectivity index (χ3v) is 4.14. The van der Waals surface area contributed by atoms with Gasteiger partial charge in [0.2, 0.25) is 0 Å². The Labute approximate surface area is 123 Å². The average molecular weight is 266 g/mol. The van der Waals surface area contributed by atoms with Crippen molar-refractivity contribution in [2.45, 2.75) is 51.9 Å². The van der Waals surface area contributed by atoms with Crippen LogP contribution in [0.2, 0.25) is 0 Å². The molecule has 2 aromatic carbocycles. The highest BCUT2D eigenvalue weighted by molar-refractivity contribution is 5.63. The molecular weight excluding hydrogens is 240 g/mol. The summed E-state index contributed by atoms with van der Waals surface area (Å²) < 4.78 is 0. The highest BCUT2D eigenvalue weighted by Crippen LogP contribution is 2.28. The number of unbranched alkanes of at least 4 members (excludes halogenated alkanes) is 2. The maximum atomic E-state index is 2.32. The molecule has 0 fully saturated rings. The van der Waals surface area contributed by atoms with Crippen LogP contribution in [-0.2, 0) is 0 Å². The van der Waals surface area contributed by atoms with Gasteiger partial charge in [-0.25, -0.2) is 0 Å². The second-order valence-electron chi connectivity index (χ2n) is 5.59. The first-order valence-electron chi connectivity index (χ1n) is 8.00. The first-order chi connectivity index (χ1) is 9.85. The fourth-order valence-corrected chi connectivity index (χ4v) is 2.83. The molecule has 0 N–H and O–H groups in total. The van der Waals surface area contributed by atoms with E-state index in [4.69, 9.17) is 0 Å². The first kappa shape index (κ1) is 14.8. The lowest BCUT2D eigenvalue weighted by Gasteiger charge is -2.15. The minimum absolute atomic E-state index is 0.728. The zero-order valence-corrected chi connectivity index (χ0v) is 12.8. The van der Waals surface area contributed by atoms with E-state index in [1.807, 2.05) is 0 Å². The van der Waals surface area contributed by atoms with Gasteiger partial charge >= 0.3 is 0 Å². The van der Waals surface area contributed by atoms with Gasteiger partial charge < -0.3 is 0 Å². The number of hydrogen-bond acceptors (Lipinski definition) is 0. The molecule has 0 heteroatoms. The van der Waals surface area contributed by atoms with Crippen LogP contribution in [0.3, 0.4) is 0 Å². The highest BCUT2D eigenvalue weighted by atomic mass is 14.1. The molecule has 2 aromatic rings. The molecule has 0 saturated carbocycles. The van der Waals surface area contributed by atoms with Gasteiger partial charge in [-0.3, -0.25) is 0 Å². The van der Waals surface area contributed by atoms with Crippen molar-refractivity contribution < 1.29 is 0 Å². The minimum atomic E-state index is 0.728. The van der Waals surface area contributed by atoms with Crippen LogP contribution >= 0.6 is 0 Å². The predicted octanol–water partition coefficient (Wildman–Crippen LogP) is 6.43. The molecule has 0 saturated heterocycles. The monoisotopic (exact) mass is 266 g/mol. The van der Waals surface area contributed by atoms with Crippen molar-refractivity contribution in [2.24, 2.45) is 0 Å². The summed E-state index contributed by atoms with van der Waals surface area (Å²) in [7, 11) is 0. The summed E-state index contributed by atoms with van der Waals surface area (Å²) in [6.45, 7) is 4.58. The lowest BCUT2D eigenvalue weighted by molar-refractivity contribution is 0.553. The lowest BCUT2D eigenvalue weighted by atomic mass is 9.90. The molecule has 0 amide bonds. The Kier molecular flexibility index (Phi) is 5.86. The number of hydrogen-bond donors (Lipinski definition) is 0. The van der Waals surface area contributed by atoms with Crippen LogP contribution in [0.1, 0.15) is 57.4 Å². The van der Waals surface area contributed by atoms with Crippen LogP contribution in [0.5, 0.6) is 0 Å². The van der Waals surface area contributed by atoms with Crippen molar-refractivity contribution in [3.63, 3.8) is 0 Å². The Morgan fingerprint density at radius 1 is 0.750 bits per heavy atom. The van der Waals surface area contributed by atoms with Crippen molar-refractivity contribution in [3.05, 3.63) is 60.2 Å². The zero-order valence-electron chi connectivity index (χ0n) is 12.8. The third-order valence-electron chi connectivity index (χ3n) is 4.14. The SMILES string of the molecule is CCCCCC(CC)c1ccc(-c2ccccc2)cc1. The Morgan fingerprint density at radius 2 is 1.40 bits per heavy atom. The molecule has 0 aromatic heterocycles. The summed E-state index contributed by atoms with van der Waals surface area (Å²) in [4.78, 5) is 0. The van der Waals surface area contributed by atoms with E-state index in [2.05, 4.69) is 68.4 Å². The third kappa shape index (κ3) is 3.96. The molecule has 1 atom stereocenters. The molecular formula is C20H26. The van der Waals surface area contributed by atoms with E-state index in [1.54, 1.807) is 0 Å². The second kappa shape index (κ2) is 7.89. The second-order valence-corrected chi connectivity index (χ2v) is 5.59. The molecule has 0 bridgehead atoms. The summed E-state index contributed by atoms with van der Waals surface area (Å²) in [5.74, 6) is 0.728. The van der Waals surface area contributed by atoms with Crippen molar-refractivity contribution in [2.75, 3.05) is 0 Å². The quantitative estimate of drug-likeness (QED) is 0.507. The van der Waals surface area contributed by atoms with Crippen LogP contribution in [0.15, 0.2) is 54.6 Å². The van der Waals surface area contributed by atoms with Gasteiger partial charge in [0.1, 0.15) is 0 Å². The van der Waals surface area contributed by atoms with E-state index >= 15 is 0 Å². The lowest BCUT2D eigenvalue weighted by Crippen LogP contribution is -1.97. The molecule has 0 aliphatic carbocycles. The predicted molar refractivity (Wildman–Crippen MR) is 89.1 cm³/mol. The van der Waals surface area contributed by atoms with Crippen molar-refractivity contribution >= 4 is 0 Å². The largest absolute Gasteiger partial charge is 0.0654 e. The zero-order chi connectivity index (χ0) is 14.2. The van der Waals surface area contributed by atoms with Gasteiger partial charge in [-0.05, 0) is 35.4 Å². The Hall–Kier alpha value is -1.56. The molecule has 0 heterocycles. The van der Waals surface area contributed by atoms with Crippen LogP contribution in [0, 0.1) is 0 Å². The molecule has 0 aliphatic rings. The summed E-state index contributed by atoms with van der Waals surface area (Å²) in [5, 5.41) is 0. The fourth-order valence-electron chi connectivity index (χ4n) is 2.83. The van der Waals surface area contributed by atoms with Crippen LogP contribution < -0.4 is 0 Å². The molecule has 0 radical (unpaired) electrons. The van der Waals surface area contributed by atoms with E-state index in [-0.39, 0.29) is 0 Å². The normalized spacial score (nSPS) is 12.3. The molecule has 20 heavy (non-hydrogen) atoms. The topological polar surface area (TPSA) is 0 Å². The van der Waals surface area contributed by atoms with Crippen LogP contribution in [0.25, 0.3) is 11.1 Å². The maximum Gasteiger partial charge on any atom is -0.0165 e. The van der Waals surface area contributed by atoms with E-state index in [1.165, 1.54) is 48.8 Å². The van der Waals surface area contributed by atoms with Gasteiger partial charge in [-0.2, -0.15) is 0 Å². The molecule has 0 nitrogen and oxygen atoms in total. The van der Waals surface area contributed by atoms with E-state index in [0.29, 0.717) is 0 Å².